The van der Waals surface area contributed by atoms with Gasteiger partial charge >= 0.3 is 5.97 Å². The van der Waals surface area contributed by atoms with E-state index in [0.717, 1.165) is 5.56 Å². The number of amides is 2. The number of rotatable bonds is 8. The first kappa shape index (κ1) is 28.7. The second kappa shape index (κ2) is 12.2. The fourth-order valence-electron chi connectivity index (χ4n) is 3.70. The molecule has 1 unspecified atom stereocenters. The first-order valence-corrected chi connectivity index (χ1v) is 14.0. The van der Waals surface area contributed by atoms with Crippen LogP contribution >= 0.6 is 0 Å². The van der Waals surface area contributed by atoms with Gasteiger partial charge in [-0.25, -0.2) is 9.19 Å². The highest BCUT2D eigenvalue weighted by Crippen LogP contribution is 2.17. The summed E-state index contributed by atoms with van der Waals surface area (Å²) < 4.78 is 20.8. The molecule has 0 aliphatic rings. The van der Waals surface area contributed by atoms with Crippen LogP contribution in [-0.2, 0) is 20.9 Å². The maximum absolute atomic E-state index is 13.2. The smallest absolute Gasteiger partial charge is 0.303 e. The summed E-state index contributed by atoms with van der Waals surface area (Å²) in [6.07, 6.45) is 2.98. The summed E-state index contributed by atoms with van der Waals surface area (Å²) in [5.41, 5.74) is 8.88. The highest BCUT2D eigenvalue weighted by molar-refractivity contribution is 7.99. The number of carboxylic acid groups (broad SMARTS) is 1. The first-order chi connectivity index (χ1) is 19.5. The van der Waals surface area contributed by atoms with Crippen LogP contribution in [-0.4, -0.2) is 38.0 Å². The van der Waals surface area contributed by atoms with Gasteiger partial charge < -0.3 is 20.6 Å². The van der Waals surface area contributed by atoms with E-state index in [2.05, 4.69) is 32.7 Å². The number of nitrogens with zero attached hydrogens (tertiary/aromatic N) is 1. The molecule has 10 nitrogen and oxygen atoms in total. The molecule has 2 aromatic carbocycles. The summed E-state index contributed by atoms with van der Waals surface area (Å²) in [6, 6.07) is 16.3. The Morgan fingerprint density at radius 1 is 1.07 bits per heavy atom. The number of aryl methyl sites for hydroxylation is 2. The number of carbonyl (C=O) groups excluding carboxylic acids is 2. The second-order valence-electron chi connectivity index (χ2n) is 9.02. The van der Waals surface area contributed by atoms with Gasteiger partial charge in [-0.2, -0.15) is 0 Å². The summed E-state index contributed by atoms with van der Waals surface area (Å²) >= 11 is 0. The molecule has 0 aliphatic heterocycles. The number of furan rings is 1. The molecule has 5 N–H and O–H groups in total. The fraction of sp³-hybridized carbons (Fsp3) is 0.100. The van der Waals surface area contributed by atoms with E-state index in [1.54, 1.807) is 49.4 Å². The third-order valence-corrected chi connectivity index (χ3v) is 7.45. The minimum Gasteiger partial charge on any atom is -0.481 e. The Kier molecular flexibility index (Phi) is 8.55. The summed E-state index contributed by atoms with van der Waals surface area (Å²) in [5, 5.41) is 11.6. The van der Waals surface area contributed by atoms with Crippen LogP contribution in [0.25, 0.3) is 0 Å². The van der Waals surface area contributed by atoms with Gasteiger partial charge in [0.15, 0.2) is 5.76 Å². The molecule has 4 aromatic rings. The number of hydrogen-bond acceptors (Lipinski definition) is 7. The van der Waals surface area contributed by atoms with Crippen molar-refractivity contribution in [2.75, 3.05) is 11.1 Å². The third kappa shape index (κ3) is 7.40. The second-order valence-corrected chi connectivity index (χ2v) is 11.0. The lowest BCUT2D eigenvalue weighted by molar-refractivity contribution is -0.136. The van der Waals surface area contributed by atoms with Gasteiger partial charge in [0, 0.05) is 34.3 Å². The number of anilines is 2. The quantitative estimate of drug-likeness (QED) is 0.184. The number of nitrogens with one attached hydrogen (secondary N) is 2. The Balaban J connectivity index is 1.47. The zero-order valence-electron chi connectivity index (χ0n) is 22.0. The molecule has 0 fully saturated rings. The Labute approximate surface area is 236 Å². The molecule has 41 heavy (non-hydrogen) atoms. The van der Waals surface area contributed by atoms with Crippen LogP contribution in [0.2, 0.25) is 0 Å². The number of aromatic nitrogens is 1. The minimum atomic E-state index is -3.22. The molecule has 0 saturated heterocycles. The SMILES string of the molecule is C=S(=O)(NC(=O)c1cnc(N)c(C#Cc2cccc(NC(=O)c3occc3C)c2)c1)c1ccc(CCC(=O)O)cc1. The van der Waals surface area contributed by atoms with Crippen LogP contribution in [0, 0.1) is 18.8 Å². The zero-order chi connectivity index (χ0) is 29.6. The van der Waals surface area contributed by atoms with Gasteiger partial charge in [-0.05, 0) is 67.2 Å². The van der Waals surface area contributed by atoms with Crippen molar-refractivity contribution in [3.63, 3.8) is 0 Å². The van der Waals surface area contributed by atoms with Crippen molar-refractivity contribution in [1.82, 2.24) is 9.71 Å². The van der Waals surface area contributed by atoms with Crippen LogP contribution in [0.15, 0.2) is 82.4 Å². The van der Waals surface area contributed by atoms with E-state index in [0.29, 0.717) is 23.2 Å². The van der Waals surface area contributed by atoms with E-state index in [9.17, 15) is 18.6 Å². The molecule has 2 heterocycles. The number of nitrogen functional groups attached to an aromatic ring is 1. The van der Waals surface area contributed by atoms with E-state index >= 15 is 0 Å². The predicted molar refractivity (Wildman–Crippen MR) is 156 cm³/mol. The number of hydrogen-bond donors (Lipinski definition) is 4. The van der Waals surface area contributed by atoms with E-state index < -0.39 is 21.6 Å². The molecule has 1 atom stereocenters. The lowest BCUT2D eigenvalue weighted by Gasteiger charge is -2.12. The maximum atomic E-state index is 13.2. The minimum absolute atomic E-state index is 0.0291. The van der Waals surface area contributed by atoms with Crippen LogP contribution < -0.4 is 15.8 Å². The number of aliphatic carboxylic acids is 1. The number of pyridine rings is 1. The monoisotopic (exact) mass is 570 g/mol. The number of carboxylic acids is 1. The van der Waals surface area contributed by atoms with E-state index in [-0.39, 0.29) is 39.9 Å². The Morgan fingerprint density at radius 3 is 2.51 bits per heavy atom. The molecule has 4 rings (SSSR count). The average molecular weight is 571 g/mol. The Hall–Kier alpha value is -5.34. The van der Waals surface area contributed by atoms with Gasteiger partial charge in [0.1, 0.15) is 5.82 Å². The van der Waals surface area contributed by atoms with Gasteiger partial charge in [-0.15, -0.1) is 0 Å². The molecule has 2 amide bonds. The zero-order valence-corrected chi connectivity index (χ0v) is 22.8. The normalized spacial score (nSPS) is 11.9. The molecular formula is C30H26N4O6S. The van der Waals surface area contributed by atoms with Crippen LogP contribution in [0.4, 0.5) is 11.5 Å². The summed E-state index contributed by atoms with van der Waals surface area (Å²) in [7, 11) is -3.22. The van der Waals surface area contributed by atoms with Gasteiger partial charge in [-0.3, -0.25) is 19.1 Å². The van der Waals surface area contributed by atoms with E-state index in [1.807, 2.05) is 0 Å². The van der Waals surface area contributed by atoms with Crippen LogP contribution in [0.5, 0.6) is 0 Å². The topological polar surface area (TPSA) is 165 Å². The summed E-state index contributed by atoms with van der Waals surface area (Å²) in [5.74, 6) is 7.82. The van der Waals surface area contributed by atoms with Crippen molar-refractivity contribution < 1.29 is 28.1 Å². The van der Waals surface area contributed by atoms with Gasteiger partial charge in [0.05, 0.1) is 27.1 Å². The molecule has 208 valence electrons. The Bertz CT molecular complexity index is 1800. The van der Waals surface area contributed by atoms with Crippen molar-refractivity contribution in [3.05, 3.63) is 107 Å². The van der Waals surface area contributed by atoms with Crippen molar-refractivity contribution in [2.24, 2.45) is 0 Å². The van der Waals surface area contributed by atoms with Crippen molar-refractivity contribution in [3.8, 4) is 11.8 Å². The lowest BCUT2D eigenvalue weighted by atomic mass is 10.1. The average Bonchev–Trinajstić information content (AvgIpc) is 3.37. The van der Waals surface area contributed by atoms with E-state index in [1.165, 1.54) is 30.7 Å². The highest BCUT2D eigenvalue weighted by atomic mass is 32.2. The molecule has 0 saturated carbocycles. The standard InChI is InChI=1S/C30H26N4O6S/c1-19-14-15-40-27(19)30(38)33-24-5-3-4-21(16-24)6-10-22-17-23(18-32-28(22)31)29(37)34-41(2,39)25-11-7-20(8-12-25)9-13-26(35)36/h3-5,7-8,11-12,14-18H,2,9,13H2,1H3,(H2,31,32)(H,33,38)(H,35,36)(H,34,37,39). The lowest BCUT2D eigenvalue weighted by Crippen LogP contribution is -2.30. The largest absolute Gasteiger partial charge is 0.481 e. The summed E-state index contributed by atoms with van der Waals surface area (Å²) in [6.45, 7) is 1.77. The van der Waals surface area contributed by atoms with Crippen molar-refractivity contribution in [1.29, 1.82) is 0 Å². The third-order valence-electron chi connectivity index (χ3n) is 5.90. The molecule has 2 aromatic heterocycles. The number of nitrogens with two attached hydrogens (primary N) is 1. The van der Waals surface area contributed by atoms with Crippen LogP contribution in [0.1, 0.15) is 49.6 Å². The van der Waals surface area contributed by atoms with Crippen LogP contribution in [0.3, 0.4) is 0 Å². The maximum Gasteiger partial charge on any atom is 0.303 e. The number of carbonyl (C=O) groups is 3. The van der Waals surface area contributed by atoms with Gasteiger partial charge in [0.2, 0.25) is 0 Å². The highest BCUT2D eigenvalue weighted by Gasteiger charge is 2.16. The number of benzene rings is 2. The molecular weight excluding hydrogens is 544 g/mol. The van der Waals surface area contributed by atoms with Crippen molar-refractivity contribution in [2.45, 2.75) is 24.7 Å². The van der Waals surface area contributed by atoms with Crippen molar-refractivity contribution >= 4 is 44.9 Å². The molecule has 0 aliphatic carbocycles. The fourth-order valence-corrected chi connectivity index (χ4v) is 4.81. The van der Waals surface area contributed by atoms with E-state index in [4.69, 9.17) is 15.3 Å². The first-order valence-electron chi connectivity index (χ1n) is 12.2. The summed E-state index contributed by atoms with van der Waals surface area (Å²) in [4.78, 5) is 40.4. The molecule has 0 radical (unpaired) electrons. The van der Waals surface area contributed by atoms with Gasteiger partial charge in [0.25, 0.3) is 11.8 Å². The molecule has 11 heteroatoms. The molecule has 0 bridgehead atoms. The predicted octanol–water partition coefficient (Wildman–Crippen LogP) is 3.65. The molecule has 0 spiro atoms. The van der Waals surface area contributed by atoms with Gasteiger partial charge in [-0.1, -0.05) is 30.0 Å². The Morgan fingerprint density at radius 2 is 1.83 bits per heavy atom.